The van der Waals surface area contributed by atoms with E-state index in [0.29, 0.717) is 6.10 Å². The van der Waals surface area contributed by atoms with Crippen molar-refractivity contribution in [2.75, 3.05) is 0 Å². The maximum Gasteiger partial charge on any atom is 0.241 e. The average molecular weight is 246 g/mol. The van der Waals surface area contributed by atoms with E-state index in [4.69, 9.17) is 10.5 Å². The van der Waals surface area contributed by atoms with Gasteiger partial charge in [-0.25, -0.2) is 0 Å². The van der Waals surface area contributed by atoms with Crippen LogP contribution in [0.5, 0.6) is 0 Å². The summed E-state index contributed by atoms with van der Waals surface area (Å²) in [7, 11) is 0. The van der Waals surface area contributed by atoms with Gasteiger partial charge in [-0.05, 0) is 24.8 Å². The van der Waals surface area contributed by atoms with Crippen molar-refractivity contribution in [2.24, 2.45) is 5.73 Å². The lowest BCUT2D eigenvalue weighted by atomic mass is 9.95. The molecule has 1 amide bonds. The number of benzene rings is 1. The number of hydrogen-bond acceptors (Lipinski definition) is 3. The van der Waals surface area contributed by atoms with Gasteiger partial charge in [-0.3, -0.25) is 4.79 Å². The summed E-state index contributed by atoms with van der Waals surface area (Å²) in [6.07, 6.45) is 3.64. The molecule has 4 atom stereocenters. The Labute approximate surface area is 107 Å². The summed E-state index contributed by atoms with van der Waals surface area (Å²) in [4.78, 5) is 12.1. The van der Waals surface area contributed by atoms with Crippen molar-refractivity contribution in [2.45, 2.75) is 43.6 Å². The second kappa shape index (κ2) is 4.71. The molecule has 3 rings (SSSR count). The van der Waals surface area contributed by atoms with E-state index in [2.05, 4.69) is 5.32 Å². The van der Waals surface area contributed by atoms with Crippen LogP contribution in [0.1, 0.15) is 30.9 Å². The molecule has 1 aromatic rings. The van der Waals surface area contributed by atoms with Crippen LogP contribution in [0.4, 0.5) is 0 Å². The van der Waals surface area contributed by atoms with Crippen LogP contribution in [0, 0.1) is 0 Å². The van der Waals surface area contributed by atoms with Gasteiger partial charge >= 0.3 is 0 Å². The molecule has 1 aromatic carbocycles. The molecule has 3 N–H and O–H groups in total. The Kier molecular flexibility index (Phi) is 3.06. The largest absolute Gasteiger partial charge is 0.373 e. The van der Waals surface area contributed by atoms with E-state index in [1.807, 2.05) is 30.3 Å². The third kappa shape index (κ3) is 2.13. The van der Waals surface area contributed by atoms with Gasteiger partial charge < -0.3 is 15.8 Å². The van der Waals surface area contributed by atoms with Crippen LogP contribution >= 0.6 is 0 Å². The summed E-state index contributed by atoms with van der Waals surface area (Å²) < 4.78 is 5.72. The van der Waals surface area contributed by atoms with Crippen LogP contribution in [-0.4, -0.2) is 24.2 Å². The zero-order chi connectivity index (χ0) is 12.5. The summed E-state index contributed by atoms with van der Waals surface area (Å²) >= 11 is 0. The van der Waals surface area contributed by atoms with E-state index < -0.39 is 6.04 Å². The SMILES string of the molecule is NC(C(=O)NC1CC2CCC1O2)c1ccccc1. The number of rotatable bonds is 3. The highest BCUT2D eigenvalue weighted by molar-refractivity contribution is 5.83. The summed E-state index contributed by atoms with van der Waals surface area (Å²) in [5, 5.41) is 3.02. The summed E-state index contributed by atoms with van der Waals surface area (Å²) in [6.45, 7) is 0. The molecule has 2 aliphatic heterocycles. The Morgan fingerprint density at radius 2 is 2.11 bits per heavy atom. The van der Waals surface area contributed by atoms with E-state index >= 15 is 0 Å². The van der Waals surface area contributed by atoms with Gasteiger partial charge in [0.1, 0.15) is 6.04 Å². The Morgan fingerprint density at radius 3 is 2.72 bits per heavy atom. The number of amides is 1. The quantitative estimate of drug-likeness (QED) is 0.840. The van der Waals surface area contributed by atoms with E-state index in [1.54, 1.807) is 0 Å². The van der Waals surface area contributed by atoms with E-state index in [1.165, 1.54) is 0 Å². The fraction of sp³-hybridized carbons (Fsp3) is 0.500. The molecule has 2 bridgehead atoms. The van der Waals surface area contributed by atoms with Gasteiger partial charge in [0.2, 0.25) is 5.91 Å². The maximum atomic E-state index is 12.1. The van der Waals surface area contributed by atoms with Gasteiger partial charge in [-0.15, -0.1) is 0 Å². The normalized spacial score (nSPS) is 31.3. The number of nitrogens with two attached hydrogens (primary N) is 1. The number of carbonyl (C=O) groups excluding carboxylic acids is 1. The smallest absolute Gasteiger partial charge is 0.241 e. The molecule has 18 heavy (non-hydrogen) atoms. The summed E-state index contributed by atoms with van der Waals surface area (Å²) in [5.74, 6) is -0.109. The Hall–Kier alpha value is -1.39. The minimum absolute atomic E-state index is 0.109. The predicted molar refractivity (Wildman–Crippen MR) is 67.8 cm³/mol. The monoisotopic (exact) mass is 246 g/mol. The molecule has 0 saturated carbocycles. The van der Waals surface area contributed by atoms with E-state index in [0.717, 1.165) is 24.8 Å². The second-order valence-electron chi connectivity index (χ2n) is 5.11. The van der Waals surface area contributed by atoms with Crippen molar-refractivity contribution >= 4 is 5.91 Å². The maximum absolute atomic E-state index is 12.1. The molecule has 2 fully saturated rings. The van der Waals surface area contributed by atoms with E-state index in [9.17, 15) is 4.79 Å². The Morgan fingerprint density at radius 1 is 1.33 bits per heavy atom. The first-order valence-electron chi connectivity index (χ1n) is 6.50. The predicted octanol–water partition coefficient (Wildman–Crippen LogP) is 1.12. The summed E-state index contributed by atoms with van der Waals surface area (Å²) in [5.41, 5.74) is 6.81. The minimum Gasteiger partial charge on any atom is -0.373 e. The summed E-state index contributed by atoms with van der Waals surface area (Å²) in [6, 6.07) is 9.00. The van der Waals surface area contributed by atoms with Crippen LogP contribution in [0.15, 0.2) is 30.3 Å². The van der Waals surface area contributed by atoms with Crippen molar-refractivity contribution in [3.8, 4) is 0 Å². The third-order valence-corrected chi connectivity index (χ3v) is 3.87. The first-order valence-corrected chi connectivity index (χ1v) is 6.50. The van der Waals surface area contributed by atoms with Crippen LogP contribution < -0.4 is 11.1 Å². The molecule has 0 radical (unpaired) electrons. The standard InChI is InChI=1S/C14H18N2O2/c15-13(9-4-2-1-3-5-9)14(17)16-11-8-10-6-7-12(11)18-10/h1-5,10-13H,6-8,15H2,(H,16,17). The van der Waals surface area contributed by atoms with Crippen LogP contribution in [0.2, 0.25) is 0 Å². The molecule has 0 aromatic heterocycles. The van der Waals surface area contributed by atoms with Crippen LogP contribution in [-0.2, 0) is 9.53 Å². The zero-order valence-electron chi connectivity index (χ0n) is 10.2. The lowest BCUT2D eigenvalue weighted by Gasteiger charge is -2.22. The van der Waals surface area contributed by atoms with Gasteiger partial charge in [0.15, 0.2) is 0 Å². The molecule has 2 saturated heterocycles. The van der Waals surface area contributed by atoms with Crippen molar-refractivity contribution in [1.29, 1.82) is 0 Å². The van der Waals surface area contributed by atoms with Crippen LogP contribution in [0.3, 0.4) is 0 Å². The fourth-order valence-corrected chi connectivity index (χ4v) is 2.87. The fourth-order valence-electron chi connectivity index (χ4n) is 2.87. The topological polar surface area (TPSA) is 64.4 Å². The highest BCUT2D eigenvalue weighted by Gasteiger charge is 2.41. The highest BCUT2D eigenvalue weighted by Crippen LogP contribution is 2.34. The number of carbonyl (C=O) groups is 1. The van der Waals surface area contributed by atoms with Gasteiger partial charge in [-0.2, -0.15) is 0 Å². The number of ether oxygens (including phenoxy) is 1. The third-order valence-electron chi connectivity index (χ3n) is 3.87. The first kappa shape index (κ1) is 11.7. The molecule has 2 aliphatic rings. The lowest BCUT2D eigenvalue weighted by Crippen LogP contribution is -2.45. The van der Waals surface area contributed by atoms with Crippen molar-refractivity contribution in [3.63, 3.8) is 0 Å². The zero-order valence-corrected chi connectivity index (χ0v) is 10.2. The molecule has 4 heteroatoms. The van der Waals surface area contributed by atoms with Gasteiger partial charge in [0.25, 0.3) is 0 Å². The Bertz CT molecular complexity index is 435. The van der Waals surface area contributed by atoms with Crippen LogP contribution in [0.25, 0.3) is 0 Å². The molecule has 4 nitrogen and oxygen atoms in total. The van der Waals surface area contributed by atoms with Gasteiger partial charge in [0.05, 0.1) is 18.2 Å². The van der Waals surface area contributed by atoms with Crippen molar-refractivity contribution < 1.29 is 9.53 Å². The molecule has 2 heterocycles. The molecular formula is C14H18N2O2. The van der Waals surface area contributed by atoms with Gasteiger partial charge in [-0.1, -0.05) is 30.3 Å². The van der Waals surface area contributed by atoms with E-state index in [-0.39, 0.29) is 18.1 Å². The highest BCUT2D eigenvalue weighted by atomic mass is 16.5. The second-order valence-corrected chi connectivity index (χ2v) is 5.11. The Balaban J connectivity index is 1.62. The van der Waals surface area contributed by atoms with Crippen molar-refractivity contribution in [3.05, 3.63) is 35.9 Å². The molecule has 4 unspecified atom stereocenters. The number of nitrogens with one attached hydrogen (secondary N) is 1. The minimum atomic E-state index is -0.592. The molecular weight excluding hydrogens is 228 g/mol. The van der Waals surface area contributed by atoms with Crippen molar-refractivity contribution in [1.82, 2.24) is 5.32 Å². The number of fused-ring (bicyclic) bond motifs is 2. The van der Waals surface area contributed by atoms with Gasteiger partial charge in [0, 0.05) is 0 Å². The molecule has 0 aliphatic carbocycles. The average Bonchev–Trinajstić information content (AvgIpc) is 3.01. The lowest BCUT2D eigenvalue weighted by molar-refractivity contribution is -0.123. The number of hydrogen-bond donors (Lipinski definition) is 2. The first-order chi connectivity index (χ1) is 8.74. The molecule has 96 valence electrons. The molecule has 0 spiro atoms.